The van der Waals surface area contributed by atoms with Crippen LogP contribution in [0.5, 0.6) is 0 Å². The van der Waals surface area contributed by atoms with E-state index in [0.717, 1.165) is 26.8 Å². The first kappa shape index (κ1) is 17.9. The van der Waals surface area contributed by atoms with Crippen LogP contribution in [-0.4, -0.2) is 11.2 Å². The van der Waals surface area contributed by atoms with E-state index in [9.17, 15) is 4.79 Å². The molecule has 0 fully saturated rings. The summed E-state index contributed by atoms with van der Waals surface area (Å²) in [6.07, 6.45) is 0. The van der Waals surface area contributed by atoms with Crippen LogP contribution in [0.4, 0.5) is 5.00 Å². The minimum Gasteiger partial charge on any atom is -0.313 e. The Kier molecular flexibility index (Phi) is 5.05. The smallest absolute Gasteiger partial charge is 0.256 e. The van der Waals surface area contributed by atoms with Crippen LogP contribution in [0.25, 0.3) is 21.2 Å². The third kappa shape index (κ3) is 3.65. The van der Waals surface area contributed by atoms with Gasteiger partial charge in [0.15, 0.2) is 0 Å². The van der Waals surface area contributed by atoms with Crippen molar-refractivity contribution in [2.45, 2.75) is 13.5 Å². The van der Waals surface area contributed by atoms with Crippen LogP contribution in [0.1, 0.15) is 21.5 Å². The molecule has 0 atom stereocenters. The highest BCUT2D eigenvalue weighted by molar-refractivity contribution is 7.17. The lowest BCUT2D eigenvalue weighted by atomic mass is 10.0. The predicted octanol–water partition coefficient (Wildman–Crippen LogP) is 6.18. The second kappa shape index (κ2) is 7.62. The maximum Gasteiger partial charge on any atom is 0.256 e. The molecule has 2 N–H and O–H groups in total. The quantitative estimate of drug-likeness (QED) is 0.313. The first-order valence-electron chi connectivity index (χ1n) is 8.38. The maximum atomic E-state index is 12.7. The lowest BCUT2D eigenvalue weighted by Crippen LogP contribution is -2.12. The number of amides is 1. The Bertz CT molecular complexity index is 1100. The van der Waals surface area contributed by atoms with Crippen molar-refractivity contribution in [3.05, 3.63) is 76.0 Å². The van der Waals surface area contributed by atoms with Crippen LogP contribution in [0.2, 0.25) is 0 Å². The third-order valence-electron chi connectivity index (χ3n) is 4.41. The topological polar surface area (TPSA) is 58.6 Å². The van der Waals surface area contributed by atoms with Crippen molar-refractivity contribution < 1.29 is 14.9 Å². The van der Waals surface area contributed by atoms with Crippen LogP contribution in [0, 0.1) is 6.92 Å². The Morgan fingerprint density at radius 3 is 2.70 bits per heavy atom. The average Bonchev–Trinajstić information content (AvgIpc) is 3.29. The Hall–Kier alpha value is -2.51. The van der Waals surface area contributed by atoms with Crippen molar-refractivity contribution in [3.63, 3.8) is 0 Å². The molecule has 0 aliphatic rings. The predicted molar refractivity (Wildman–Crippen MR) is 112 cm³/mol. The number of nitrogens with one attached hydrogen (secondary N) is 1. The summed E-state index contributed by atoms with van der Waals surface area (Å²) in [5.74, 6) is -0.181. The normalized spacial score (nSPS) is 11.0. The van der Waals surface area contributed by atoms with Crippen LogP contribution in [0.3, 0.4) is 0 Å². The lowest BCUT2D eigenvalue weighted by Gasteiger charge is -2.08. The number of carbonyl (C=O) groups excluding carboxylic acids is 1. The highest BCUT2D eigenvalue weighted by atomic mass is 32.1. The van der Waals surface area contributed by atoms with Gasteiger partial charge in [-0.1, -0.05) is 29.8 Å². The first-order valence-corrected chi connectivity index (χ1v) is 10.1. The van der Waals surface area contributed by atoms with E-state index in [2.05, 4.69) is 10.2 Å². The number of benzene rings is 2. The van der Waals surface area contributed by atoms with E-state index < -0.39 is 0 Å². The molecule has 0 spiro atoms. The van der Waals surface area contributed by atoms with Gasteiger partial charge in [-0.3, -0.25) is 10.1 Å². The number of carbonyl (C=O) groups is 1. The maximum absolute atomic E-state index is 12.7. The monoisotopic (exact) mass is 395 g/mol. The summed E-state index contributed by atoms with van der Waals surface area (Å²) in [5, 5.41) is 17.7. The van der Waals surface area contributed by atoms with Gasteiger partial charge in [-0.15, -0.1) is 22.7 Å². The summed E-state index contributed by atoms with van der Waals surface area (Å²) in [6, 6.07) is 15.8. The number of fused-ring (bicyclic) bond motifs is 1. The van der Waals surface area contributed by atoms with Crippen molar-refractivity contribution >= 4 is 43.7 Å². The number of rotatable bonds is 5. The molecule has 0 saturated heterocycles. The molecule has 4 nitrogen and oxygen atoms in total. The molecule has 0 bridgehead atoms. The number of anilines is 1. The lowest BCUT2D eigenvalue weighted by molar-refractivity contribution is -0.252. The fourth-order valence-electron chi connectivity index (χ4n) is 2.95. The van der Waals surface area contributed by atoms with Crippen molar-refractivity contribution in [1.29, 1.82) is 0 Å². The SMILES string of the molecule is Cc1ccc(-c2csc(NC(=O)c3ccc4sccc4c3)c2COO)cc1. The van der Waals surface area contributed by atoms with Crippen LogP contribution >= 0.6 is 22.7 Å². The van der Waals surface area contributed by atoms with Gasteiger partial charge in [-0.2, -0.15) is 0 Å². The summed E-state index contributed by atoms with van der Waals surface area (Å²) < 4.78 is 1.15. The van der Waals surface area contributed by atoms with Crippen molar-refractivity contribution in [3.8, 4) is 11.1 Å². The molecule has 1 amide bonds. The summed E-state index contributed by atoms with van der Waals surface area (Å²) in [4.78, 5) is 17.1. The number of hydrogen-bond acceptors (Lipinski definition) is 5. The molecule has 2 aromatic carbocycles. The van der Waals surface area contributed by atoms with Crippen molar-refractivity contribution in [2.24, 2.45) is 0 Å². The minimum atomic E-state index is -0.181. The highest BCUT2D eigenvalue weighted by Crippen LogP contribution is 2.36. The molecular weight excluding hydrogens is 378 g/mol. The fraction of sp³-hybridized carbons (Fsp3) is 0.0952. The summed E-state index contributed by atoms with van der Waals surface area (Å²) in [7, 11) is 0. The molecule has 4 aromatic rings. The molecule has 0 aliphatic heterocycles. The van der Waals surface area contributed by atoms with E-state index in [1.165, 1.54) is 16.9 Å². The fourth-order valence-corrected chi connectivity index (χ4v) is 4.70. The van der Waals surface area contributed by atoms with E-state index >= 15 is 0 Å². The van der Waals surface area contributed by atoms with Crippen molar-refractivity contribution in [2.75, 3.05) is 5.32 Å². The third-order valence-corrected chi connectivity index (χ3v) is 6.24. The average molecular weight is 396 g/mol. The molecule has 6 heteroatoms. The van der Waals surface area contributed by atoms with Gasteiger partial charge in [-0.25, -0.2) is 4.89 Å². The number of thiophene rings is 2. The van der Waals surface area contributed by atoms with E-state index in [1.807, 2.05) is 66.2 Å². The van der Waals surface area contributed by atoms with Gasteiger partial charge in [0.2, 0.25) is 0 Å². The van der Waals surface area contributed by atoms with E-state index in [0.29, 0.717) is 10.6 Å². The second-order valence-electron chi connectivity index (χ2n) is 6.22. The van der Waals surface area contributed by atoms with Gasteiger partial charge < -0.3 is 5.32 Å². The summed E-state index contributed by atoms with van der Waals surface area (Å²) in [6.45, 7) is 2.04. The van der Waals surface area contributed by atoms with Gasteiger partial charge in [0.25, 0.3) is 5.91 Å². The molecular formula is C21H17NO3S2. The van der Waals surface area contributed by atoms with Gasteiger partial charge >= 0.3 is 0 Å². The minimum absolute atomic E-state index is 0.00584. The van der Waals surface area contributed by atoms with Gasteiger partial charge in [0, 0.05) is 26.8 Å². The largest absolute Gasteiger partial charge is 0.313 e. The van der Waals surface area contributed by atoms with Crippen LogP contribution in [0.15, 0.2) is 59.3 Å². The van der Waals surface area contributed by atoms with Gasteiger partial charge in [0.05, 0.1) is 0 Å². The Labute approximate surface area is 164 Å². The molecule has 0 unspecified atom stereocenters. The molecule has 0 aliphatic carbocycles. The highest BCUT2D eigenvalue weighted by Gasteiger charge is 2.17. The molecule has 27 heavy (non-hydrogen) atoms. The Morgan fingerprint density at radius 2 is 1.93 bits per heavy atom. The molecule has 136 valence electrons. The summed E-state index contributed by atoms with van der Waals surface area (Å²) >= 11 is 3.07. The zero-order valence-electron chi connectivity index (χ0n) is 14.6. The van der Waals surface area contributed by atoms with Crippen molar-refractivity contribution in [1.82, 2.24) is 0 Å². The number of hydrogen-bond donors (Lipinski definition) is 2. The molecule has 4 rings (SSSR count). The zero-order chi connectivity index (χ0) is 18.8. The second-order valence-corrected chi connectivity index (χ2v) is 8.05. The molecule has 0 radical (unpaired) electrons. The van der Waals surface area contributed by atoms with Gasteiger partial charge in [0.1, 0.15) is 11.6 Å². The molecule has 0 saturated carbocycles. The Morgan fingerprint density at radius 1 is 1.11 bits per heavy atom. The Balaban J connectivity index is 1.64. The van der Waals surface area contributed by atoms with E-state index in [4.69, 9.17) is 5.26 Å². The first-order chi connectivity index (χ1) is 13.2. The summed E-state index contributed by atoms with van der Waals surface area (Å²) in [5.41, 5.74) is 4.49. The molecule has 2 heterocycles. The number of aryl methyl sites for hydroxylation is 1. The van der Waals surface area contributed by atoms with E-state index in [1.54, 1.807) is 11.3 Å². The van der Waals surface area contributed by atoms with Crippen LogP contribution < -0.4 is 5.32 Å². The zero-order valence-corrected chi connectivity index (χ0v) is 16.2. The van der Waals surface area contributed by atoms with Gasteiger partial charge in [-0.05, 0) is 47.5 Å². The standard InChI is InChI=1S/C21H17NO3S2/c1-13-2-4-14(5-3-13)18-12-27-21(17(18)11-25-24)22-20(23)16-6-7-19-15(10-16)8-9-26-19/h2-10,12,24H,11H2,1H3,(H,22,23). The molecule has 2 aromatic heterocycles. The van der Waals surface area contributed by atoms with Crippen LogP contribution in [-0.2, 0) is 11.5 Å². The van der Waals surface area contributed by atoms with E-state index in [-0.39, 0.29) is 12.5 Å².